The Balaban J connectivity index is 1.47. The summed E-state index contributed by atoms with van der Waals surface area (Å²) < 4.78 is 16.7. The van der Waals surface area contributed by atoms with E-state index in [0.717, 1.165) is 0 Å². The van der Waals surface area contributed by atoms with Gasteiger partial charge in [-0.05, 0) is 54.6 Å². The Labute approximate surface area is 201 Å². The highest BCUT2D eigenvalue weighted by molar-refractivity contribution is 6.00. The van der Waals surface area contributed by atoms with Crippen LogP contribution in [0.4, 0.5) is 21.9 Å². The molecule has 35 heavy (non-hydrogen) atoms. The van der Waals surface area contributed by atoms with Gasteiger partial charge in [-0.15, -0.1) is 0 Å². The number of fused-ring (bicyclic) bond motifs is 1. The Morgan fingerprint density at radius 1 is 1.03 bits per heavy atom. The number of phenolic OH excluding ortho intramolecular Hbond substituents is 1. The number of pyridine rings is 1. The Morgan fingerprint density at radius 2 is 1.83 bits per heavy atom. The number of nitrogens with one attached hydrogen (secondary N) is 2. The van der Waals surface area contributed by atoms with Crippen molar-refractivity contribution in [3.05, 3.63) is 84.3 Å². The van der Waals surface area contributed by atoms with E-state index >= 15 is 0 Å². The second kappa shape index (κ2) is 10.9. The summed E-state index contributed by atoms with van der Waals surface area (Å²) in [5.74, 6) is 1.48. The second-order valence-corrected chi connectivity index (χ2v) is 7.32. The first-order valence-electron chi connectivity index (χ1n) is 10.6. The number of nitrogens with zero attached hydrogens (tertiary/aromatic N) is 2. The zero-order valence-electron chi connectivity index (χ0n) is 18.8. The van der Waals surface area contributed by atoms with Gasteiger partial charge in [0.05, 0.1) is 24.4 Å². The summed E-state index contributed by atoms with van der Waals surface area (Å²) in [6.07, 6.45) is 1.62. The van der Waals surface area contributed by atoms with Crippen molar-refractivity contribution in [2.75, 3.05) is 31.0 Å². The van der Waals surface area contributed by atoms with Gasteiger partial charge in [-0.2, -0.15) is 0 Å². The number of hydrogen-bond acceptors (Lipinski definition) is 6. The number of rotatable bonds is 8. The van der Waals surface area contributed by atoms with Crippen molar-refractivity contribution < 1.29 is 24.1 Å². The van der Waals surface area contributed by atoms with Gasteiger partial charge in [0.2, 0.25) is 5.69 Å². The molecule has 1 aromatic heterocycles. The molecule has 9 heteroatoms. The van der Waals surface area contributed by atoms with Crippen LogP contribution in [-0.2, 0) is 4.74 Å². The number of phenols is 1. The van der Waals surface area contributed by atoms with Crippen molar-refractivity contribution in [2.45, 2.75) is 0 Å². The third kappa shape index (κ3) is 5.76. The monoisotopic (exact) mass is 470 g/mol. The lowest BCUT2D eigenvalue weighted by molar-refractivity contribution is 0.147. The number of anilines is 2. The third-order valence-electron chi connectivity index (χ3n) is 4.94. The fourth-order valence-electron chi connectivity index (χ4n) is 3.26. The standard InChI is InChI=1S/C26H22N4O5/c1-27-22-15-19-21(16-25(22)34-14-13-33-2)28-12-11-24(19)35-18-9-7-17(8-10-18)29-26(32)30-20-5-3-4-6-23(20)31/h3-12,15-16,31H,13-14H2,2H3,(H2,29,30,32). The first kappa shape index (κ1) is 23.4. The highest BCUT2D eigenvalue weighted by Gasteiger charge is 2.12. The molecule has 0 aliphatic heterocycles. The summed E-state index contributed by atoms with van der Waals surface area (Å²) >= 11 is 0. The van der Waals surface area contributed by atoms with Gasteiger partial charge in [0.25, 0.3) is 0 Å². The summed E-state index contributed by atoms with van der Waals surface area (Å²) in [4.78, 5) is 20.1. The molecule has 4 aromatic rings. The van der Waals surface area contributed by atoms with Crippen molar-refractivity contribution in [1.29, 1.82) is 0 Å². The van der Waals surface area contributed by atoms with Crippen LogP contribution in [0.5, 0.6) is 23.0 Å². The van der Waals surface area contributed by atoms with Crippen LogP contribution in [0.1, 0.15) is 0 Å². The number of hydrogen-bond donors (Lipinski definition) is 3. The lowest BCUT2D eigenvalue weighted by atomic mass is 10.1. The topological polar surface area (TPSA) is 106 Å². The molecule has 0 aliphatic carbocycles. The van der Waals surface area contributed by atoms with Crippen LogP contribution in [0.3, 0.4) is 0 Å². The van der Waals surface area contributed by atoms with Crippen molar-refractivity contribution in [2.24, 2.45) is 0 Å². The number of ether oxygens (including phenoxy) is 3. The zero-order valence-corrected chi connectivity index (χ0v) is 18.8. The molecule has 3 N–H and O–H groups in total. The molecule has 0 spiro atoms. The number of aromatic hydroxyl groups is 1. The molecule has 0 saturated heterocycles. The average Bonchev–Trinajstić information content (AvgIpc) is 2.86. The predicted molar refractivity (Wildman–Crippen MR) is 133 cm³/mol. The smallest absolute Gasteiger partial charge is 0.323 e. The molecule has 176 valence electrons. The molecule has 0 saturated carbocycles. The maximum Gasteiger partial charge on any atom is 0.323 e. The minimum atomic E-state index is -0.490. The molecule has 4 rings (SSSR count). The number of para-hydroxylation sites is 2. The number of amides is 2. The maximum absolute atomic E-state index is 12.2. The van der Waals surface area contributed by atoms with E-state index in [-0.39, 0.29) is 5.75 Å². The lowest BCUT2D eigenvalue weighted by Gasteiger charge is -2.13. The Bertz CT molecular complexity index is 1380. The predicted octanol–water partition coefficient (Wildman–Crippen LogP) is 5.95. The number of carbonyl (C=O) groups excluding carboxylic acids is 1. The molecule has 0 atom stereocenters. The van der Waals surface area contributed by atoms with E-state index in [2.05, 4.69) is 20.5 Å². The Hall–Kier alpha value is -4.81. The quantitative estimate of drug-likeness (QED) is 0.167. The molecular formula is C26H22N4O5. The third-order valence-corrected chi connectivity index (χ3v) is 4.94. The van der Waals surface area contributed by atoms with Crippen LogP contribution in [0, 0.1) is 6.57 Å². The van der Waals surface area contributed by atoms with Crippen LogP contribution in [0.2, 0.25) is 0 Å². The minimum Gasteiger partial charge on any atom is -0.506 e. The van der Waals surface area contributed by atoms with Gasteiger partial charge in [-0.25, -0.2) is 9.64 Å². The van der Waals surface area contributed by atoms with Crippen molar-refractivity contribution >= 4 is 34.0 Å². The van der Waals surface area contributed by atoms with Crippen molar-refractivity contribution in [3.8, 4) is 23.0 Å². The number of aromatic nitrogens is 1. The van der Waals surface area contributed by atoms with E-state index in [0.29, 0.717) is 58.4 Å². The number of benzene rings is 3. The summed E-state index contributed by atoms with van der Waals surface area (Å²) in [6, 6.07) is 17.9. The van der Waals surface area contributed by atoms with E-state index in [1.165, 1.54) is 6.07 Å². The van der Waals surface area contributed by atoms with Crippen LogP contribution in [0.15, 0.2) is 72.9 Å². The molecule has 0 bridgehead atoms. The largest absolute Gasteiger partial charge is 0.506 e. The highest BCUT2D eigenvalue weighted by Crippen LogP contribution is 2.37. The van der Waals surface area contributed by atoms with Crippen molar-refractivity contribution in [1.82, 2.24) is 4.98 Å². The summed E-state index contributed by atoms with van der Waals surface area (Å²) in [5, 5.41) is 15.7. The summed E-state index contributed by atoms with van der Waals surface area (Å²) in [7, 11) is 1.58. The molecule has 0 fully saturated rings. The Kier molecular flexibility index (Phi) is 7.25. The number of methoxy groups -OCH3 is 1. The fourth-order valence-corrected chi connectivity index (χ4v) is 3.26. The molecule has 2 amide bonds. The SMILES string of the molecule is [C-]#[N+]c1cc2c(Oc3ccc(NC(=O)Nc4ccccc4O)cc3)ccnc2cc1OCCOC. The lowest BCUT2D eigenvalue weighted by Crippen LogP contribution is -2.19. The van der Waals surface area contributed by atoms with Gasteiger partial charge < -0.3 is 30.0 Å². The second-order valence-electron chi connectivity index (χ2n) is 7.32. The molecular weight excluding hydrogens is 448 g/mol. The summed E-state index contributed by atoms with van der Waals surface area (Å²) in [5.41, 5.74) is 1.82. The molecule has 9 nitrogen and oxygen atoms in total. The van der Waals surface area contributed by atoms with Gasteiger partial charge in [0.1, 0.15) is 29.6 Å². The number of carbonyl (C=O) groups is 1. The van der Waals surface area contributed by atoms with Crippen molar-refractivity contribution in [3.63, 3.8) is 0 Å². The van der Waals surface area contributed by atoms with Gasteiger partial charge in [-0.3, -0.25) is 4.98 Å². The van der Waals surface area contributed by atoms with Gasteiger partial charge in [0.15, 0.2) is 0 Å². The molecule has 0 aliphatic rings. The van der Waals surface area contributed by atoms with E-state index < -0.39 is 6.03 Å². The fraction of sp³-hybridized carbons (Fsp3) is 0.115. The molecule has 0 unspecified atom stereocenters. The number of urea groups is 1. The zero-order chi connectivity index (χ0) is 24.6. The molecule has 3 aromatic carbocycles. The van der Waals surface area contributed by atoms with Crippen LogP contribution in [-0.4, -0.2) is 36.4 Å². The van der Waals surface area contributed by atoms with Gasteiger partial charge >= 0.3 is 6.03 Å². The normalized spacial score (nSPS) is 10.4. The van der Waals surface area contributed by atoms with E-state index in [1.54, 1.807) is 74.0 Å². The molecule has 0 radical (unpaired) electrons. The first-order chi connectivity index (χ1) is 17.1. The molecule has 1 heterocycles. The summed E-state index contributed by atoms with van der Waals surface area (Å²) in [6.45, 7) is 8.23. The van der Waals surface area contributed by atoms with Gasteiger partial charge in [0, 0.05) is 24.4 Å². The highest BCUT2D eigenvalue weighted by atomic mass is 16.5. The van der Waals surface area contributed by atoms with Crippen LogP contribution in [0.25, 0.3) is 15.7 Å². The average molecular weight is 470 g/mol. The minimum absolute atomic E-state index is 0.0222. The maximum atomic E-state index is 12.2. The van der Waals surface area contributed by atoms with E-state index in [9.17, 15) is 9.90 Å². The van der Waals surface area contributed by atoms with E-state index in [1.807, 2.05) is 0 Å². The van der Waals surface area contributed by atoms with Crippen LogP contribution < -0.4 is 20.1 Å². The Morgan fingerprint density at radius 3 is 2.57 bits per heavy atom. The first-order valence-corrected chi connectivity index (χ1v) is 10.6. The van der Waals surface area contributed by atoms with Gasteiger partial charge in [-0.1, -0.05) is 12.1 Å². The van der Waals surface area contributed by atoms with E-state index in [4.69, 9.17) is 20.8 Å². The van der Waals surface area contributed by atoms with Crippen LogP contribution >= 0.6 is 0 Å².